The van der Waals surface area contributed by atoms with Crippen LogP contribution in [0, 0.1) is 5.82 Å². The fourth-order valence-electron chi connectivity index (χ4n) is 2.02. The molecule has 1 heterocycles. The summed E-state index contributed by atoms with van der Waals surface area (Å²) >= 11 is 7.00. The van der Waals surface area contributed by atoms with Crippen LogP contribution in [0.3, 0.4) is 0 Å². The van der Waals surface area contributed by atoms with Gasteiger partial charge in [-0.05, 0) is 55.5 Å². The Hall–Kier alpha value is -2.18. The van der Waals surface area contributed by atoms with Gasteiger partial charge in [-0.15, -0.1) is 10.2 Å². The second kappa shape index (κ2) is 7.15. The van der Waals surface area contributed by atoms with Crippen molar-refractivity contribution in [3.8, 4) is 11.5 Å². The number of aromatic nitrogens is 2. The maximum atomic E-state index is 12.9. The number of thioether (sulfide) groups is 1. The van der Waals surface area contributed by atoms with Gasteiger partial charge in [-0.1, -0.05) is 23.4 Å². The van der Waals surface area contributed by atoms with Crippen LogP contribution < -0.4 is 0 Å². The topological polar surface area (TPSA) is 56.0 Å². The van der Waals surface area contributed by atoms with Crippen LogP contribution in [0.2, 0.25) is 5.02 Å². The lowest BCUT2D eigenvalue weighted by Gasteiger charge is -2.07. The predicted octanol–water partition coefficient (Wildman–Crippen LogP) is 4.89. The fourth-order valence-corrected chi connectivity index (χ4v) is 2.91. The average Bonchev–Trinajstić information content (AvgIpc) is 3.04. The van der Waals surface area contributed by atoms with Crippen molar-refractivity contribution < 1.29 is 13.6 Å². The highest BCUT2D eigenvalue weighted by atomic mass is 35.5. The van der Waals surface area contributed by atoms with E-state index in [1.54, 1.807) is 31.2 Å². The second-order valence-electron chi connectivity index (χ2n) is 5.01. The maximum absolute atomic E-state index is 12.9. The highest BCUT2D eigenvalue weighted by Crippen LogP contribution is 2.28. The fraction of sp³-hybridized carbons (Fsp3) is 0.118. The van der Waals surface area contributed by atoms with E-state index in [-0.39, 0.29) is 11.6 Å². The molecule has 2 aromatic carbocycles. The molecule has 0 unspecified atom stereocenters. The zero-order valence-corrected chi connectivity index (χ0v) is 14.1. The summed E-state index contributed by atoms with van der Waals surface area (Å²) in [6.07, 6.45) is 0. The molecule has 1 aromatic heterocycles. The molecule has 0 N–H and O–H groups in total. The van der Waals surface area contributed by atoms with Gasteiger partial charge in [0.25, 0.3) is 5.22 Å². The number of ketones is 1. The third kappa shape index (κ3) is 3.83. The number of halogens is 2. The minimum Gasteiger partial charge on any atom is -0.411 e. The molecule has 0 amide bonds. The number of hydrogen-bond donors (Lipinski definition) is 0. The molecule has 1 atom stereocenters. The standard InChI is InChI=1S/C17H12ClFN2O2S/c1-10(15(22)11-4-8-14(19)9-5-11)24-17-21-20-16(23-17)12-2-6-13(18)7-3-12/h2-10H,1H3/t10-/m0/s1. The van der Waals surface area contributed by atoms with Gasteiger partial charge >= 0.3 is 0 Å². The molecule has 0 saturated heterocycles. The molecule has 0 saturated carbocycles. The third-order valence-electron chi connectivity index (χ3n) is 3.27. The predicted molar refractivity (Wildman–Crippen MR) is 90.8 cm³/mol. The lowest BCUT2D eigenvalue weighted by Crippen LogP contribution is -2.13. The summed E-state index contributed by atoms with van der Waals surface area (Å²) in [5, 5.41) is 8.39. The molecular formula is C17H12ClFN2O2S. The summed E-state index contributed by atoms with van der Waals surface area (Å²) < 4.78 is 18.5. The van der Waals surface area contributed by atoms with Gasteiger partial charge in [0.15, 0.2) is 5.78 Å². The Kier molecular flexibility index (Phi) is 4.97. The normalized spacial score (nSPS) is 12.1. The first-order valence-electron chi connectivity index (χ1n) is 7.09. The van der Waals surface area contributed by atoms with Gasteiger partial charge in [0, 0.05) is 16.1 Å². The number of carbonyl (C=O) groups is 1. The second-order valence-corrected chi connectivity index (χ2v) is 6.74. The summed E-state index contributed by atoms with van der Waals surface area (Å²) in [4.78, 5) is 12.3. The minimum absolute atomic E-state index is 0.133. The Morgan fingerprint density at radius 3 is 2.46 bits per heavy atom. The first-order valence-corrected chi connectivity index (χ1v) is 8.34. The number of benzene rings is 2. The van der Waals surface area contributed by atoms with Crippen LogP contribution >= 0.6 is 23.4 Å². The molecular weight excluding hydrogens is 351 g/mol. The monoisotopic (exact) mass is 362 g/mol. The Bertz CT molecular complexity index is 850. The summed E-state index contributed by atoms with van der Waals surface area (Å²) in [6, 6.07) is 12.5. The van der Waals surface area contributed by atoms with Gasteiger partial charge < -0.3 is 4.42 Å². The van der Waals surface area contributed by atoms with E-state index in [4.69, 9.17) is 16.0 Å². The summed E-state index contributed by atoms with van der Waals surface area (Å²) in [5.41, 5.74) is 1.19. The molecule has 3 aromatic rings. The van der Waals surface area contributed by atoms with E-state index >= 15 is 0 Å². The van der Waals surface area contributed by atoms with Gasteiger partial charge in [-0.3, -0.25) is 4.79 Å². The van der Waals surface area contributed by atoms with Crippen molar-refractivity contribution in [2.45, 2.75) is 17.4 Å². The van der Waals surface area contributed by atoms with E-state index in [2.05, 4.69) is 10.2 Å². The van der Waals surface area contributed by atoms with Crippen LogP contribution in [0.4, 0.5) is 4.39 Å². The van der Waals surface area contributed by atoms with Crippen molar-refractivity contribution in [2.24, 2.45) is 0 Å². The molecule has 4 nitrogen and oxygen atoms in total. The Labute approximate surface area is 147 Å². The van der Waals surface area contributed by atoms with Crippen LogP contribution in [-0.2, 0) is 0 Å². The number of Topliss-reactive ketones (excluding diaryl/α,β-unsaturated/α-hetero) is 1. The van der Waals surface area contributed by atoms with Crippen molar-refractivity contribution >= 4 is 29.1 Å². The van der Waals surface area contributed by atoms with E-state index < -0.39 is 5.25 Å². The van der Waals surface area contributed by atoms with Gasteiger partial charge in [0.05, 0.1) is 5.25 Å². The summed E-state index contributed by atoms with van der Waals surface area (Å²) in [6.45, 7) is 1.74. The van der Waals surface area contributed by atoms with E-state index in [9.17, 15) is 9.18 Å². The van der Waals surface area contributed by atoms with E-state index in [0.29, 0.717) is 21.7 Å². The van der Waals surface area contributed by atoms with Gasteiger partial charge in [-0.2, -0.15) is 0 Å². The molecule has 0 aliphatic heterocycles. The van der Waals surface area contributed by atoms with E-state index in [0.717, 1.165) is 17.3 Å². The molecule has 0 spiro atoms. The van der Waals surface area contributed by atoms with Gasteiger partial charge in [0.1, 0.15) is 5.82 Å². The molecule has 3 rings (SSSR count). The Morgan fingerprint density at radius 1 is 1.12 bits per heavy atom. The molecule has 122 valence electrons. The zero-order valence-electron chi connectivity index (χ0n) is 12.6. The third-order valence-corrected chi connectivity index (χ3v) is 4.46. The number of rotatable bonds is 5. The Balaban J connectivity index is 1.70. The number of carbonyl (C=O) groups excluding carboxylic acids is 1. The summed E-state index contributed by atoms with van der Waals surface area (Å²) in [7, 11) is 0. The molecule has 7 heteroatoms. The van der Waals surface area contributed by atoms with Crippen molar-refractivity contribution in [3.63, 3.8) is 0 Å². The van der Waals surface area contributed by atoms with Crippen molar-refractivity contribution in [2.75, 3.05) is 0 Å². The smallest absolute Gasteiger partial charge is 0.277 e. The maximum Gasteiger partial charge on any atom is 0.277 e. The Morgan fingerprint density at radius 2 is 1.79 bits per heavy atom. The van der Waals surface area contributed by atoms with Crippen LogP contribution in [0.1, 0.15) is 17.3 Å². The highest BCUT2D eigenvalue weighted by molar-refractivity contribution is 8.00. The van der Waals surface area contributed by atoms with Crippen molar-refractivity contribution in [1.82, 2.24) is 10.2 Å². The molecule has 0 aliphatic carbocycles. The largest absolute Gasteiger partial charge is 0.411 e. The van der Waals surface area contributed by atoms with Gasteiger partial charge in [0.2, 0.25) is 5.89 Å². The zero-order chi connectivity index (χ0) is 17.1. The molecule has 0 bridgehead atoms. The van der Waals surface area contributed by atoms with Crippen LogP contribution in [-0.4, -0.2) is 21.2 Å². The summed E-state index contributed by atoms with van der Waals surface area (Å²) in [5.74, 6) is -0.154. The number of nitrogens with zero attached hydrogens (tertiary/aromatic N) is 2. The lowest BCUT2D eigenvalue weighted by molar-refractivity contribution is 0.0993. The average molecular weight is 363 g/mol. The van der Waals surface area contributed by atoms with E-state index in [1.165, 1.54) is 24.3 Å². The minimum atomic E-state index is -0.436. The van der Waals surface area contributed by atoms with Gasteiger partial charge in [-0.25, -0.2) is 4.39 Å². The first-order chi connectivity index (χ1) is 11.5. The van der Waals surface area contributed by atoms with Crippen molar-refractivity contribution in [3.05, 3.63) is 64.9 Å². The molecule has 0 fully saturated rings. The quantitative estimate of drug-likeness (QED) is 0.477. The van der Waals surface area contributed by atoms with Crippen LogP contribution in [0.5, 0.6) is 0 Å². The highest BCUT2D eigenvalue weighted by Gasteiger charge is 2.20. The SMILES string of the molecule is C[C@H](Sc1nnc(-c2ccc(Cl)cc2)o1)C(=O)c1ccc(F)cc1. The van der Waals surface area contributed by atoms with Crippen LogP contribution in [0.25, 0.3) is 11.5 Å². The van der Waals surface area contributed by atoms with E-state index in [1.807, 2.05) is 0 Å². The van der Waals surface area contributed by atoms with Crippen molar-refractivity contribution in [1.29, 1.82) is 0 Å². The molecule has 0 aliphatic rings. The first kappa shape index (κ1) is 16.7. The molecule has 0 radical (unpaired) electrons. The molecule has 24 heavy (non-hydrogen) atoms. The number of hydrogen-bond acceptors (Lipinski definition) is 5. The lowest BCUT2D eigenvalue weighted by atomic mass is 10.1. The van der Waals surface area contributed by atoms with Crippen LogP contribution in [0.15, 0.2) is 58.2 Å².